The molecule has 0 fully saturated rings. The first-order valence-corrected chi connectivity index (χ1v) is 8.09. The lowest BCUT2D eigenvalue weighted by Crippen LogP contribution is -2.27. The van der Waals surface area contributed by atoms with Gasteiger partial charge in [-0.1, -0.05) is 26.2 Å². The SMILES string of the molecule is CCCCCCOc1ccc2c(c1)CCC/C2=N/NC(N)=O. The summed E-state index contributed by atoms with van der Waals surface area (Å²) in [5, 5.41) is 4.10. The van der Waals surface area contributed by atoms with Crippen LogP contribution in [0.5, 0.6) is 5.75 Å². The molecule has 0 spiro atoms. The van der Waals surface area contributed by atoms with Crippen molar-refractivity contribution in [2.24, 2.45) is 10.8 Å². The molecule has 120 valence electrons. The number of amides is 2. The van der Waals surface area contributed by atoms with Crippen molar-refractivity contribution >= 4 is 11.7 Å². The molecule has 0 aromatic heterocycles. The van der Waals surface area contributed by atoms with Gasteiger partial charge in [-0.05, 0) is 49.4 Å². The quantitative estimate of drug-likeness (QED) is 0.598. The maximum Gasteiger partial charge on any atom is 0.332 e. The number of rotatable bonds is 7. The molecule has 2 amide bonds. The van der Waals surface area contributed by atoms with Gasteiger partial charge < -0.3 is 10.5 Å². The average Bonchev–Trinajstić information content (AvgIpc) is 2.52. The van der Waals surface area contributed by atoms with Crippen molar-refractivity contribution in [3.63, 3.8) is 0 Å². The number of ether oxygens (including phenoxy) is 1. The van der Waals surface area contributed by atoms with E-state index < -0.39 is 6.03 Å². The van der Waals surface area contributed by atoms with Gasteiger partial charge in [-0.25, -0.2) is 10.2 Å². The highest BCUT2D eigenvalue weighted by Gasteiger charge is 2.16. The predicted molar refractivity (Wildman–Crippen MR) is 88.3 cm³/mol. The Morgan fingerprint density at radius 2 is 2.18 bits per heavy atom. The third kappa shape index (κ3) is 4.76. The molecule has 2 rings (SSSR count). The monoisotopic (exact) mass is 303 g/mol. The van der Waals surface area contributed by atoms with E-state index in [-0.39, 0.29) is 0 Å². The fraction of sp³-hybridized carbons (Fsp3) is 0.529. The molecule has 0 aliphatic heterocycles. The van der Waals surface area contributed by atoms with Gasteiger partial charge in [0.15, 0.2) is 0 Å². The van der Waals surface area contributed by atoms with Crippen LogP contribution in [0.1, 0.15) is 56.6 Å². The van der Waals surface area contributed by atoms with Crippen molar-refractivity contribution in [3.05, 3.63) is 29.3 Å². The number of aryl methyl sites for hydroxylation is 1. The zero-order chi connectivity index (χ0) is 15.8. The highest BCUT2D eigenvalue weighted by atomic mass is 16.5. The molecular weight excluding hydrogens is 278 g/mol. The zero-order valence-corrected chi connectivity index (χ0v) is 13.2. The summed E-state index contributed by atoms with van der Waals surface area (Å²) < 4.78 is 5.82. The van der Waals surface area contributed by atoms with E-state index in [1.807, 2.05) is 12.1 Å². The number of urea groups is 1. The third-order valence-corrected chi connectivity index (χ3v) is 3.81. The topological polar surface area (TPSA) is 76.7 Å². The number of nitrogens with two attached hydrogens (primary N) is 1. The van der Waals surface area contributed by atoms with Crippen molar-refractivity contribution in [2.75, 3.05) is 6.61 Å². The maximum atomic E-state index is 10.8. The Morgan fingerprint density at radius 3 is 2.95 bits per heavy atom. The number of fused-ring (bicyclic) bond motifs is 1. The second-order valence-electron chi connectivity index (χ2n) is 5.62. The Hall–Kier alpha value is -2.04. The second-order valence-corrected chi connectivity index (χ2v) is 5.62. The number of hydrogen-bond acceptors (Lipinski definition) is 3. The van der Waals surface area contributed by atoms with E-state index in [0.717, 1.165) is 49.3 Å². The lowest BCUT2D eigenvalue weighted by Gasteiger charge is -2.19. The minimum atomic E-state index is -0.633. The summed E-state index contributed by atoms with van der Waals surface area (Å²) in [6, 6.07) is 5.46. The first-order valence-electron chi connectivity index (χ1n) is 8.09. The Morgan fingerprint density at radius 1 is 1.32 bits per heavy atom. The second kappa shape index (κ2) is 8.41. The van der Waals surface area contributed by atoms with Crippen LogP contribution in [-0.2, 0) is 6.42 Å². The average molecular weight is 303 g/mol. The van der Waals surface area contributed by atoms with Gasteiger partial charge in [0.05, 0.1) is 12.3 Å². The maximum absolute atomic E-state index is 10.8. The summed E-state index contributed by atoms with van der Waals surface area (Å²) in [5.41, 5.74) is 10.6. The van der Waals surface area contributed by atoms with Crippen molar-refractivity contribution in [3.8, 4) is 5.75 Å². The number of nitrogens with one attached hydrogen (secondary N) is 1. The van der Waals surface area contributed by atoms with Crippen LogP contribution >= 0.6 is 0 Å². The molecule has 0 atom stereocenters. The highest BCUT2D eigenvalue weighted by Crippen LogP contribution is 2.26. The molecule has 0 unspecified atom stereocenters. The molecule has 3 N–H and O–H groups in total. The van der Waals surface area contributed by atoms with Crippen LogP contribution in [0.25, 0.3) is 0 Å². The molecule has 22 heavy (non-hydrogen) atoms. The number of carbonyl (C=O) groups excluding carboxylic acids is 1. The third-order valence-electron chi connectivity index (χ3n) is 3.81. The van der Waals surface area contributed by atoms with Crippen LogP contribution in [0.3, 0.4) is 0 Å². The number of unbranched alkanes of at least 4 members (excludes halogenated alkanes) is 3. The first-order chi connectivity index (χ1) is 10.7. The molecule has 1 aliphatic carbocycles. The van der Waals surface area contributed by atoms with Crippen molar-refractivity contribution in [1.82, 2.24) is 5.43 Å². The predicted octanol–water partition coefficient (Wildman–Crippen LogP) is 3.35. The van der Waals surface area contributed by atoms with E-state index in [0.29, 0.717) is 0 Å². The van der Waals surface area contributed by atoms with Crippen molar-refractivity contribution < 1.29 is 9.53 Å². The van der Waals surface area contributed by atoms with E-state index >= 15 is 0 Å². The van der Waals surface area contributed by atoms with Gasteiger partial charge in [-0.2, -0.15) is 5.10 Å². The fourth-order valence-electron chi connectivity index (χ4n) is 2.69. The van der Waals surface area contributed by atoms with Crippen LogP contribution in [-0.4, -0.2) is 18.3 Å². The van der Waals surface area contributed by atoms with Crippen LogP contribution in [0, 0.1) is 0 Å². The summed E-state index contributed by atoms with van der Waals surface area (Å²) >= 11 is 0. The molecule has 1 aromatic carbocycles. The molecule has 0 radical (unpaired) electrons. The molecule has 5 nitrogen and oxygen atoms in total. The van der Waals surface area contributed by atoms with Gasteiger partial charge in [0.25, 0.3) is 0 Å². The number of hydrazone groups is 1. The standard InChI is InChI=1S/C17H25N3O2/c1-2-3-4-5-11-22-14-9-10-15-13(12-14)7-6-8-16(15)19-20-17(18)21/h9-10,12H,2-8,11H2,1H3,(H3,18,20,21)/b19-16-. The van der Waals surface area contributed by atoms with Gasteiger partial charge in [-0.3, -0.25) is 0 Å². The number of hydrogen-bond donors (Lipinski definition) is 2. The molecule has 0 saturated heterocycles. The molecule has 0 heterocycles. The van der Waals surface area contributed by atoms with Gasteiger partial charge in [0.1, 0.15) is 5.75 Å². The molecule has 1 aliphatic rings. The molecular formula is C17H25N3O2. The minimum absolute atomic E-state index is 0.633. The van der Waals surface area contributed by atoms with E-state index in [1.54, 1.807) is 0 Å². The van der Waals surface area contributed by atoms with Crippen molar-refractivity contribution in [2.45, 2.75) is 51.9 Å². The highest BCUT2D eigenvalue weighted by molar-refractivity contribution is 6.03. The smallest absolute Gasteiger partial charge is 0.332 e. The largest absolute Gasteiger partial charge is 0.494 e. The number of primary amides is 1. The van der Waals surface area contributed by atoms with Gasteiger partial charge in [0.2, 0.25) is 0 Å². The van der Waals surface area contributed by atoms with E-state index in [2.05, 4.69) is 23.5 Å². The van der Waals surface area contributed by atoms with Crippen LogP contribution in [0.15, 0.2) is 23.3 Å². The van der Waals surface area contributed by atoms with Crippen LogP contribution in [0.4, 0.5) is 4.79 Å². The normalized spacial score (nSPS) is 15.4. The minimum Gasteiger partial charge on any atom is -0.494 e. The summed E-state index contributed by atoms with van der Waals surface area (Å²) in [5.74, 6) is 0.916. The summed E-state index contributed by atoms with van der Waals surface area (Å²) in [7, 11) is 0. The number of nitrogens with zero attached hydrogens (tertiary/aromatic N) is 1. The van der Waals surface area contributed by atoms with E-state index in [9.17, 15) is 4.79 Å². The first kappa shape index (κ1) is 16.3. The van der Waals surface area contributed by atoms with Crippen molar-refractivity contribution in [1.29, 1.82) is 0 Å². The Bertz CT molecular complexity index is 541. The number of benzene rings is 1. The van der Waals surface area contributed by atoms with Gasteiger partial charge in [-0.15, -0.1) is 0 Å². The molecule has 0 bridgehead atoms. The molecule has 0 saturated carbocycles. The summed E-state index contributed by atoms with van der Waals surface area (Å²) in [6.45, 7) is 2.97. The zero-order valence-electron chi connectivity index (χ0n) is 13.2. The molecule has 5 heteroatoms. The Kier molecular flexibility index (Phi) is 6.25. The van der Waals surface area contributed by atoms with E-state index in [1.165, 1.54) is 24.8 Å². The van der Waals surface area contributed by atoms with E-state index in [4.69, 9.17) is 10.5 Å². The summed E-state index contributed by atoms with van der Waals surface area (Å²) in [4.78, 5) is 10.8. The lowest BCUT2D eigenvalue weighted by atomic mass is 9.90. The Balaban J connectivity index is 1.98. The van der Waals surface area contributed by atoms with Gasteiger partial charge in [0, 0.05) is 5.56 Å². The molecule has 1 aromatic rings. The van der Waals surface area contributed by atoms with Crippen LogP contribution < -0.4 is 15.9 Å². The lowest BCUT2D eigenvalue weighted by molar-refractivity contribution is 0.249. The van der Waals surface area contributed by atoms with Gasteiger partial charge >= 0.3 is 6.03 Å². The Labute approximate surface area is 131 Å². The summed E-state index contributed by atoms with van der Waals surface area (Å²) in [6.07, 6.45) is 7.70. The fourth-order valence-corrected chi connectivity index (χ4v) is 2.69. The van der Waals surface area contributed by atoms with Crippen LogP contribution in [0.2, 0.25) is 0 Å². The number of carbonyl (C=O) groups is 1.